The topological polar surface area (TPSA) is 85.2 Å². The Labute approximate surface area is 154 Å². The standard InChI is InChI=1S/C20H26N4O2/c1-15-7-6-8-16(19(26)24-11-4-5-12-24)18(15)22-13-17(25)23-20(14-21)9-2-3-10-20/h6-8,22H,2-5,9-13H2,1H3,(H,23,25). The van der Waals surface area contributed by atoms with Crippen LogP contribution in [0.3, 0.4) is 0 Å². The van der Waals surface area contributed by atoms with E-state index in [4.69, 9.17) is 0 Å². The summed E-state index contributed by atoms with van der Waals surface area (Å²) >= 11 is 0. The highest BCUT2D eigenvalue weighted by molar-refractivity contribution is 6.01. The lowest BCUT2D eigenvalue weighted by Gasteiger charge is -2.23. The number of aryl methyl sites for hydroxylation is 1. The Morgan fingerprint density at radius 3 is 2.54 bits per heavy atom. The molecule has 1 heterocycles. The maximum atomic E-state index is 12.8. The normalized spacial score (nSPS) is 18.4. The third-order valence-corrected chi connectivity index (χ3v) is 5.37. The number of likely N-dealkylation sites (tertiary alicyclic amines) is 1. The van der Waals surface area contributed by atoms with Crippen LogP contribution in [0.25, 0.3) is 0 Å². The predicted molar refractivity (Wildman–Crippen MR) is 99.8 cm³/mol. The molecule has 6 heteroatoms. The van der Waals surface area contributed by atoms with Crippen molar-refractivity contribution >= 4 is 17.5 Å². The number of carbonyl (C=O) groups is 2. The van der Waals surface area contributed by atoms with Gasteiger partial charge in [0.15, 0.2) is 0 Å². The molecule has 3 rings (SSSR count). The van der Waals surface area contributed by atoms with Crippen LogP contribution in [0.4, 0.5) is 5.69 Å². The summed E-state index contributed by atoms with van der Waals surface area (Å²) in [4.78, 5) is 27.0. The van der Waals surface area contributed by atoms with Crippen molar-refractivity contribution in [1.82, 2.24) is 10.2 Å². The molecule has 2 fully saturated rings. The van der Waals surface area contributed by atoms with Crippen LogP contribution >= 0.6 is 0 Å². The minimum absolute atomic E-state index is 0.0124. The van der Waals surface area contributed by atoms with Crippen LogP contribution in [0.15, 0.2) is 18.2 Å². The van der Waals surface area contributed by atoms with E-state index in [1.54, 1.807) is 0 Å². The van der Waals surface area contributed by atoms with Crippen molar-refractivity contribution in [2.45, 2.75) is 51.0 Å². The molecule has 1 aromatic rings. The first-order valence-electron chi connectivity index (χ1n) is 9.40. The summed E-state index contributed by atoms with van der Waals surface area (Å²) in [5, 5.41) is 15.4. The number of hydrogen-bond acceptors (Lipinski definition) is 4. The highest BCUT2D eigenvalue weighted by Crippen LogP contribution is 2.29. The Balaban J connectivity index is 1.68. The molecule has 0 bridgehead atoms. The smallest absolute Gasteiger partial charge is 0.255 e. The Hall–Kier alpha value is -2.55. The molecule has 1 aliphatic heterocycles. The van der Waals surface area contributed by atoms with E-state index < -0.39 is 5.54 Å². The van der Waals surface area contributed by atoms with Crippen LogP contribution < -0.4 is 10.6 Å². The van der Waals surface area contributed by atoms with Gasteiger partial charge in [-0.3, -0.25) is 9.59 Å². The van der Waals surface area contributed by atoms with E-state index in [0.29, 0.717) is 24.1 Å². The molecule has 1 saturated carbocycles. The van der Waals surface area contributed by atoms with E-state index in [-0.39, 0.29) is 18.4 Å². The molecular formula is C20H26N4O2. The van der Waals surface area contributed by atoms with Gasteiger partial charge in [0.2, 0.25) is 5.91 Å². The number of nitrogens with zero attached hydrogens (tertiary/aromatic N) is 2. The maximum absolute atomic E-state index is 12.8. The van der Waals surface area contributed by atoms with Crippen molar-refractivity contribution < 1.29 is 9.59 Å². The van der Waals surface area contributed by atoms with Gasteiger partial charge < -0.3 is 15.5 Å². The lowest BCUT2D eigenvalue weighted by molar-refractivity contribution is -0.120. The molecule has 0 atom stereocenters. The average Bonchev–Trinajstić information content (AvgIpc) is 3.32. The summed E-state index contributed by atoms with van der Waals surface area (Å²) in [6.45, 7) is 3.55. The molecule has 26 heavy (non-hydrogen) atoms. The van der Waals surface area contributed by atoms with E-state index >= 15 is 0 Å². The lowest BCUT2D eigenvalue weighted by atomic mass is 10.00. The van der Waals surface area contributed by atoms with Crippen LogP contribution in [0.5, 0.6) is 0 Å². The van der Waals surface area contributed by atoms with Gasteiger partial charge in [-0.2, -0.15) is 5.26 Å². The Kier molecular flexibility index (Phi) is 5.46. The molecule has 0 unspecified atom stereocenters. The van der Waals surface area contributed by atoms with Crippen LogP contribution in [0, 0.1) is 18.3 Å². The number of anilines is 1. The van der Waals surface area contributed by atoms with Gasteiger partial charge in [0.1, 0.15) is 5.54 Å². The molecule has 2 amide bonds. The minimum Gasteiger partial charge on any atom is -0.375 e. The van der Waals surface area contributed by atoms with Gasteiger partial charge in [0.05, 0.1) is 23.9 Å². The van der Waals surface area contributed by atoms with Crippen LogP contribution in [0.1, 0.15) is 54.4 Å². The first-order valence-corrected chi connectivity index (χ1v) is 9.40. The number of nitrogens with one attached hydrogen (secondary N) is 2. The summed E-state index contributed by atoms with van der Waals surface area (Å²) in [6, 6.07) is 7.86. The number of hydrogen-bond donors (Lipinski definition) is 2. The van der Waals surface area contributed by atoms with E-state index in [1.807, 2.05) is 30.0 Å². The summed E-state index contributed by atoms with van der Waals surface area (Å²) in [5.41, 5.74) is 1.52. The number of para-hydroxylation sites is 1. The fourth-order valence-corrected chi connectivity index (χ4v) is 3.89. The molecular weight excluding hydrogens is 328 g/mol. The SMILES string of the molecule is Cc1cccc(C(=O)N2CCCC2)c1NCC(=O)NC1(C#N)CCCC1. The molecule has 0 aromatic heterocycles. The van der Waals surface area contributed by atoms with Crippen molar-refractivity contribution in [1.29, 1.82) is 5.26 Å². The molecule has 0 spiro atoms. The molecule has 2 aliphatic rings. The summed E-state index contributed by atoms with van der Waals surface area (Å²) in [6.07, 6.45) is 5.43. The molecule has 6 nitrogen and oxygen atoms in total. The Morgan fingerprint density at radius 1 is 1.19 bits per heavy atom. The lowest BCUT2D eigenvalue weighted by Crippen LogP contribution is -2.47. The van der Waals surface area contributed by atoms with Crippen molar-refractivity contribution in [3.63, 3.8) is 0 Å². The molecule has 138 valence electrons. The largest absolute Gasteiger partial charge is 0.375 e. The van der Waals surface area contributed by atoms with Crippen LogP contribution in [0.2, 0.25) is 0 Å². The number of nitriles is 1. The fourth-order valence-electron chi connectivity index (χ4n) is 3.89. The zero-order valence-electron chi connectivity index (χ0n) is 15.3. The molecule has 0 radical (unpaired) electrons. The zero-order valence-corrected chi connectivity index (χ0v) is 15.3. The van der Waals surface area contributed by atoms with E-state index in [1.165, 1.54) is 0 Å². The number of carbonyl (C=O) groups excluding carboxylic acids is 2. The van der Waals surface area contributed by atoms with Gasteiger partial charge in [-0.25, -0.2) is 0 Å². The third kappa shape index (κ3) is 3.82. The molecule has 2 N–H and O–H groups in total. The minimum atomic E-state index is -0.724. The van der Waals surface area contributed by atoms with Gasteiger partial charge in [-0.15, -0.1) is 0 Å². The van der Waals surface area contributed by atoms with E-state index in [2.05, 4.69) is 16.7 Å². The first-order chi connectivity index (χ1) is 12.5. The summed E-state index contributed by atoms with van der Waals surface area (Å²) in [7, 11) is 0. The van der Waals surface area contributed by atoms with Crippen molar-refractivity contribution in [3.05, 3.63) is 29.3 Å². The van der Waals surface area contributed by atoms with Gasteiger partial charge in [-0.05, 0) is 57.1 Å². The molecule has 1 saturated heterocycles. The van der Waals surface area contributed by atoms with Gasteiger partial charge >= 0.3 is 0 Å². The van der Waals surface area contributed by atoms with Gasteiger partial charge in [0, 0.05) is 13.1 Å². The number of rotatable bonds is 5. The highest BCUT2D eigenvalue weighted by atomic mass is 16.2. The highest BCUT2D eigenvalue weighted by Gasteiger charge is 2.35. The van der Waals surface area contributed by atoms with Gasteiger partial charge in [0.25, 0.3) is 5.91 Å². The molecule has 1 aromatic carbocycles. The Bertz CT molecular complexity index is 726. The average molecular weight is 354 g/mol. The second-order valence-corrected chi connectivity index (χ2v) is 7.30. The van der Waals surface area contributed by atoms with Crippen molar-refractivity contribution in [2.24, 2.45) is 0 Å². The van der Waals surface area contributed by atoms with Crippen LogP contribution in [-0.4, -0.2) is 41.9 Å². The maximum Gasteiger partial charge on any atom is 0.255 e. The Morgan fingerprint density at radius 2 is 1.88 bits per heavy atom. The van der Waals surface area contributed by atoms with Crippen molar-refractivity contribution in [3.8, 4) is 6.07 Å². The number of amides is 2. The summed E-state index contributed by atoms with van der Waals surface area (Å²) < 4.78 is 0. The molecule has 1 aliphatic carbocycles. The number of benzene rings is 1. The summed E-state index contributed by atoms with van der Waals surface area (Å²) in [5.74, 6) is -0.199. The quantitative estimate of drug-likeness (QED) is 0.851. The first kappa shape index (κ1) is 18.2. The van der Waals surface area contributed by atoms with E-state index in [9.17, 15) is 14.9 Å². The predicted octanol–water partition coefficient (Wildman–Crippen LogP) is 2.60. The fraction of sp³-hybridized carbons (Fsp3) is 0.550. The monoisotopic (exact) mass is 354 g/mol. The third-order valence-electron chi connectivity index (χ3n) is 5.37. The zero-order chi connectivity index (χ0) is 18.6. The van der Waals surface area contributed by atoms with Gasteiger partial charge in [-0.1, -0.05) is 12.1 Å². The second kappa shape index (κ2) is 7.77. The van der Waals surface area contributed by atoms with E-state index in [0.717, 1.165) is 44.3 Å². The second-order valence-electron chi connectivity index (χ2n) is 7.30. The van der Waals surface area contributed by atoms with Crippen molar-refractivity contribution in [2.75, 3.05) is 25.0 Å². The van der Waals surface area contributed by atoms with Crippen LogP contribution in [-0.2, 0) is 4.79 Å².